The van der Waals surface area contributed by atoms with Crippen LogP contribution in [0, 0.1) is 0 Å². The molecule has 0 saturated heterocycles. The molecule has 4 rings (SSSR count). The second-order valence-corrected chi connectivity index (χ2v) is 5.16. The first-order valence-electron chi connectivity index (χ1n) is 7.13. The van der Waals surface area contributed by atoms with Gasteiger partial charge in [0.1, 0.15) is 5.75 Å². The summed E-state index contributed by atoms with van der Waals surface area (Å²) in [5.41, 5.74) is 3.02. The number of rotatable bonds is 2. The van der Waals surface area contributed by atoms with E-state index in [1.807, 2.05) is 36.5 Å². The first kappa shape index (κ1) is 12.8. The van der Waals surface area contributed by atoms with Crippen LogP contribution in [0.3, 0.4) is 0 Å². The SMILES string of the molecule is COc1cnc2ccc(-c3nccc4ccccc34)cc2c1. The predicted molar refractivity (Wildman–Crippen MR) is 89.0 cm³/mol. The molecule has 0 atom stereocenters. The van der Waals surface area contributed by atoms with Crippen LogP contribution in [0.2, 0.25) is 0 Å². The molecule has 0 amide bonds. The van der Waals surface area contributed by atoms with E-state index in [-0.39, 0.29) is 0 Å². The van der Waals surface area contributed by atoms with Crippen LogP contribution < -0.4 is 4.74 Å². The summed E-state index contributed by atoms with van der Waals surface area (Å²) in [6.07, 6.45) is 3.59. The van der Waals surface area contributed by atoms with Crippen LogP contribution in [0.5, 0.6) is 5.75 Å². The Morgan fingerprint density at radius 1 is 0.864 bits per heavy atom. The van der Waals surface area contributed by atoms with Crippen molar-refractivity contribution < 1.29 is 4.74 Å². The van der Waals surface area contributed by atoms with Crippen molar-refractivity contribution in [2.45, 2.75) is 0 Å². The predicted octanol–water partition coefficient (Wildman–Crippen LogP) is 4.46. The molecule has 0 aliphatic heterocycles. The van der Waals surface area contributed by atoms with Gasteiger partial charge in [-0.15, -0.1) is 0 Å². The second-order valence-electron chi connectivity index (χ2n) is 5.16. The Kier molecular flexibility index (Phi) is 2.97. The van der Waals surface area contributed by atoms with Crippen molar-refractivity contribution in [3.05, 3.63) is 67.0 Å². The molecular weight excluding hydrogens is 272 g/mol. The first-order chi connectivity index (χ1) is 10.8. The van der Waals surface area contributed by atoms with Crippen molar-refractivity contribution in [2.75, 3.05) is 7.11 Å². The molecule has 0 N–H and O–H groups in total. The van der Waals surface area contributed by atoms with Crippen LogP contribution in [0.4, 0.5) is 0 Å². The summed E-state index contributed by atoms with van der Waals surface area (Å²) < 4.78 is 5.26. The minimum Gasteiger partial charge on any atom is -0.495 e. The summed E-state index contributed by atoms with van der Waals surface area (Å²) in [6.45, 7) is 0. The number of benzene rings is 2. The van der Waals surface area contributed by atoms with Crippen molar-refractivity contribution in [1.29, 1.82) is 0 Å². The minimum atomic E-state index is 0.760. The van der Waals surface area contributed by atoms with E-state index < -0.39 is 0 Å². The third kappa shape index (κ3) is 2.07. The van der Waals surface area contributed by atoms with Gasteiger partial charge in [0.2, 0.25) is 0 Å². The van der Waals surface area contributed by atoms with Gasteiger partial charge in [-0.05, 0) is 29.7 Å². The smallest absolute Gasteiger partial charge is 0.137 e. The molecule has 22 heavy (non-hydrogen) atoms. The third-order valence-corrected chi connectivity index (χ3v) is 3.84. The molecule has 0 spiro atoms. The van der Waals surface area contributed by atoms with Crippen molar-refractivity contribution in [3.8, 4) is 17.0 Å². The average molecular weight is 286 g/mol. The van der Waals surface area contributed by atoms with E-state index in [0.29, 0.717) is 0 Å². The van der Waals surface area contributed by atoms with Gasteiger partial charge in [0, 0.05) is 22.5 Å². The van der Waals surface area contributed by atoms with Crippen molar-refractivity contribution >= 4 is 21.7 Å². The number of methoxy groups -OCH3 is 1. The fourth-order valence-corrected chi connectivity index (χ4v) is 2.72. The zero-order chi connectivity index (χ0) is 14.9. The molecule has 106 valence electrons. The monoisotopic (exact) mass is 286 g/mol. The van der Waals surface area contributed by atoms with E-state index in [0.717, 1.165) is 33.3 Å². The van der Waals surface area contributed by atoms with Crippen molar-refractivity contribution in [1.82, 2.24) is 9.97 Å². The van der Waals surface area contributed by atoms with Gasteiger partial charge in [0.05, 0.1) is 24.5 Å². The lowest BCUT2D eigenvalue weighted by Crippen LogP contribution is -1.88. The van der Waals surface area contributed by atoms with Crippen LogP contribution in [0.1, 0.15) is 0 Å². The number of ether oxygens (including phenoxy) is 1. The fraction of sp³-hybridized carbons (Fsp3) is 0.0526. The highest BCUT2D eigenvalue weighted by Gasteiger charge is 2.07. The maximum Gasteiger partial charge on any atom is 0.137 e. The number of aromatic nitrogens is 2. The molecule has 0 bridgehead atoms. The molecule has 0 fully saturated rings. The molecule has 0 aliphatic carbocycles. The van der Waals surface area contributed by atoms with Gasteiger partial charge < -0.3 is 4.74 Å². The van der Waals surface area contributed by atoms with Crippen LogP contribution in [-0.4, -0.2) is 17.1 Å². The Labute approximate surface area is 128 Å². The molecular formula is C19H14N2O. The van der Waals surface area contributed by atoms with E-state index in [9.17, 15) is 0 Å². The van der Waals surface area contributed by atoms with E-state index in [1.165, 1.54) is 5.39 Å². The molecule has 0 saturated carbocycles. The topological polar surface area (TPSA) is 35.0 Å². The molecule has 3 heteroatoms. The molecule has 2 aromatic heterocycles. The molecule has 0 aliphatic rings. The van der Waals surface area contributed by atoms with Gasteiger partial charge in [-0.3, -0.25) is 9.97 Å². The van der Waals surface area contributed by atoms with E-state index in [1.54, 1.807) is 13.3 Å². The van der Waals surface area contributed by atoms with E-state index >= 15 is 0 Å². The molecule has 4 aromatic rings. The first-order valence-corrected chi connectivity index (χ1v) is 7.13. The fourth-order valence-electron chi connectivity index (χ4n) is 2.72. The Morgan fingerprint density at radius 2 is 1.77 bits per heavy atom. The number of pyridine rings is 2. The summed E-state index contributed by atoms with van der Waals surface area (Å²) >= 11 is 0. The Balaban J connectivity index is 1.96. The van der Waals surface area contributed by atoms with Gasteiger partial charge in [-0.25, -0.2) is 0 Å². The summed E-state index contributed by atoms with van der Waals surface area (Å²) in [4.78, 5) is 8.98. The Bertz CT molecular complexity index is 974. The van der Waals surface area contributed by atoms with Crippen molar-refractivity contribution in [2.24, 2.45) is 0 Å². The Hall–Kier alpha value is -2.94. The number of fused-ring (bicyclic) bond motifs is 2. The quantitative estimate of drug-likeness (QED) is 0.545. The molecule has 2 heterocycles. The highest BCUT2D eigenvalue weighted by atomic mass is 16.5. The normalized spacial score (nSPS) is 11.0. The van der Waals surface area contributed by atoms with Crippen LogP contribution in [0.25, 0.3) is 32.9 Å². The van der Waals surface area contributed by atoms with Crippen LogP contribution >= 0.6 is 0 Å². The van der Waals surface area contributed by atoms with Crippen molar-refractivity contribution in [3.63, 3.8) is 0 Å². The minimum absolute atomic E-state index is 0.760. The second kappa shape index (κ2) is 5.11. The molecule has 3 nitrogen and oxygen atoms in total. The van der Waals surface area contributed by atoms with Gasteiger partial charge >= 0.3 is 0 Å². The summed E-state index contributed by atoms with van der Waals surface area (Å²) in [6, 6.07) is 18.5. The van der Waals surface area contributed by atoms with Gasteiger partial charge in [0.25, 0.3) is 0 Å². The highest BCUT2D eigenvalue weighted by Crippen LogP contribution is 2.29. The number of hydrogen-bond donors (Lipinski definition) is 0. The largest absolute Gasteiger partial charge is 0.495 e. The van der Waals surface area contributed by atoms with E-state index in [2.05, 4.69) is 34.2 Å². The van der Waals surface area contributed by atoms with Crippen LogP contribution in [0.15, 0.2) is 67.0 Å². The number of nitrogens with zero attached hydrogens (tertiary/aromatic N) is 2. The molecule has 0 radical (unpaired) electrons. The average Bonchev–Trinajstić information content (AvgIpc) is 2.60. The third-order valence-electron chi connectivity index (χ3n) is 3.84. The molecule has 0 unspecified atom stereocenters. The molecule has 2 aromatic carbocycles. The summed E-state index contributed by atoms with van der Waals surface area (Å²) in [5, 5.41) is 3.39. The Morgan fingerprint density at radius 3 is 2.68 bits per heavy atom. The summed E-state index contributed by atoms with van der Waals surface area (Å²) in [5.74, 6) is 0.760. The van der Waals surface area contributed by atoms with Crippen LogP contribution in [-0.2, 0) is 0 Å². The maximum atomic E-state index is 5.26. The van der Waals surface area contributed by atoms with Gasteiger partial charge in [-0.1, -0.05) is 30.3 Å². The lowest BCUT2D eigenvalue weighted by molar-refractivity contribution is 0.414. The van der Waals surface area contributed by atoms with E-state index in [4.69, 9.17) is 4.74 Å². The lowest BCUT2D eigenvalue weighted by Gasteiger charge is -2.07. The maximum absolute atomic E-state index is 5.26. The van der Waals surface area contributed by atoms with Gasteiger partial charge in [0.15, 0.2) is 0 Å². The zero-order valence-corrected chi connectivity index (χ0v) is 12.2. The lowest BCUT2D eigenvalue weighted by atomic mass is 10.0. The number of hydrogen-bond acceptors (Lipinski definition) is 3. The summed E-state index contributed by atoms with van der Waals surface area (Å²) in [7, 11) is 1.65. The zero-order valence-electron chi connectivity index (χ0n) is 12.2. The standard InChI is InChI=1S/C19H14N2O/c1-22-16-11-15-10-14(6-7-18(15)21-12-16)19-17-5-3-2-4-13(17)8-9-20-19/h2-12H,1H3. The highest BCUT2D eigenvalue weighted by molar-refractivity contribution is 5.96. The van der Waals surface area contributed by atoms with Gasteiger partial charge in [-0.2, -0.15) is 0 Å².